The molecule has 1 aromatic rings. The fraction of sp³-hybridized carbons (Fsp3) is 0.588. The molecule has 0 bridgehead atoms. The second-order valence-corrected chi connectivity index (χ2v) is 6.29. The lowest BCUT2D eigenvalue weighted by Crippen LogP contribution is -2.49. The van der Waals surface area contributed by atoms with Crippen LogP contribution in [0.15, 0.2) is 24.3 Å². The Morgan fingerprint density at radius 1 is 1.10 bits per heavy atom. The highest BCUT2D eigenvalue weighted by molar-refractivity contribution is 5.81. The zero-order chi connectivity index (χ0) is 14.7. The summed E-state index contributed by atoms with van der Waals surface area (Å²) in [4.78, 5) is 16.5. The number of benzene rings is 1. The molecule has 2 N–H and O–H groups in total. The number of aryl methyl sites for hydroxylation is 1. The number of carbonyl (C=O) groups is 1. The molecule has 0 atom stereocenters. The van der Waals surface area contributed by atoms with Crippen LogP contribution in [0.25, 0.3) is 0 Å². The highest BCUT2D eigenvalue weighted by Crippen LogP contribution is 2.31. The van der Waals surface area contributed by atoms with Crippen molar-refractivity contribution < 1.29 is 4.79 Å². The van der Waals surface area contributed by atoms with E-state index in [4.69, 9.17) is 5.73 Å². The van der Waals surface area contributed by atoms with Crippen LogP contribution in [0.1, 0.15) is 24.8 Å². The minimum atomic E-state index is 0.363. The number of amides is 1. The SMILES string of the molecule is Nc1ccc(CCCN2CCN(C(=O)C3CC3)CC2)cc1. The van der Waals surface area contributed by atoms with Crippen LogP contribution in [-0.4, -0.2) is 48.4 Å². The standard InChI is InChI=1S/C17H25N3O/c18-16-7-3-14(4-8-16)2-1-9-19-10-12-20(13-11-19)17(21)15-5-6-15/h3-4,7-8,15H,1-2,5-6,9-13,18H2. The molecule has 3 rings (SSSR count). The summed E-state index contributed by atoms with van der Waals surface area (Å²) in [6.07, 6.45) is 4.49. The molecule has 1 saturated heterocycles. The second-order valence-electron chi connectivity index (χ2n) is 6.29. The second kappa shape index (κ2) is 6.48. The predicted molar refractivity (Wildman–Crippen MR) is 84.9 cm³/mol. The Morgan fingerprint density at radius 3 is 2.38 bits per heavy atom. The van der Waals surface area contributed by atoms with E-state index in [0.717, 1.165) is 57.7 Å². The van der Waals surface area contributed by atoms with E-state index in [1.807, 2.05) is 12.1 Å². The number of anilines is 1. The summed E-state index contributed by atoms with van der Waals surface area (Å²) in [7, 11) is 0. The van der Waals surface area contributed by atoms with Crippen molar-refractivity contribution in [3.8, 4) is 0 Å². The number of nitrogens with zero attached hydrogens (tertiary/aromatic N) is 2. The number of hydrogen-bond donors (Lipinski definition) is 1. The number of rotatable bonds is 5. The number of hydrogen-bond acceptors (Lipinski definition) is 3. The van der Waals surface area contributed by atoms with E-state index >= 15 is 0 Å². The van der Waals surface area contributed by atoms with Gasteiger partial charge in [0.2, 0.25) is 5.91 Å². The molecule has 114 valence electrons. The monoisotopic (exact) mass is 287 g/mol. The van der Waals surface area contributed by atoms with Crippen LogP contribution in [0.5, 0.6) is 0 Å². The normalized spacial score (nSPS) is 19.7. The van der Waals surface area contributed by atoms with E-state index in [2.05, 4.69) is 21.9 Å². The van der Waals surface area contributed by atoms with Gasteiger partial charge in [0.05, 0.1) is 0 Å². The molecule has 4 nitrogen and oxygen atoms in total. The number of nitrogen functional groups attached to an aromatic ring is 1. The Hall–Kier alpha value is -1.55. The molecule has 21 heavy (non-hydrogen) atoms. The van der Waals surface area contributed by atoms with Crippen LogP contribution >= 0.6 is 0 Å². The van der Waals surface area contributed by atoms with Crippen molar-refractivity contribution in [3.63, 3.8) is 0 Å². The molecule has 0 radical (unpaired) electrons. The highest BCUT2D eigenvalue weighted by Gasteiger charge is 2.34. The van der Waals surface area contributed by atoms with Gasteiger partial charge in [-0.05, 0) is 49.9 Å². The summed E-state index contributed by atoms with van der Waals surface area (Å²) in [6.45, 7) is 5.00. The topological polar surface area (TPSA) is 49.6 Å². The average molecular weight is 287 g/mol. The van der Waals surface area contributed by atoms with Crippen molar-refractivity contribution in [2.75, 3.05) is 38.5 Å². The maximum absolute atomic E-state index is 12.0. The van der Waals surface area contributed by atoms with Gasteiger partial charge in [-0.3, -0.25) is 9.69 Å². The summed E-state index contributed by atoms with van der Waals surface area (Å²) in [5, 5.41) is 0. The van der Waals surface area contributed by atoms with Gasteiger partial charge >= 0.3 is 0 Å². The highest BCUT2D eigenvalue weighted by atomic mass is 16.2. The Labute approximate surface area is 126 Å². The first-order chi connectivity index (χ1) is 10.2. The lowest BCUT2D eigenvalue weighted by atomic mass is 10.1. The first-order valence-corrected chi connectivity index (χ1v) is 8.08. The summed E-state index contributed by atoms with van der Waals surface area (Å²) in [6, 6.07) is 8.17. The van der Waals surface area contributed by atoms with Gasteiger partial charge in [0, 0.05) is 37.8 Å². The molecule has 2 fully saturated rings. The van der Waals surface area contributed by atoms with Crippen molar-refractivity contribution in [2.45, 2.75) is 25.7 Å². The van der Waals surface area contributed by atoms with Gasteiger partial charge < -0.3 is 10.6 Å². The zero-order valence-electron chi connectivity index (χ0n) is 12.6. The molecular weight excluding hydrogens is 262 g/mol. The third-order valence-corrected chi connectivity index (χ3v) is 4.53. The summed E-state index contributed by atoms with van der Waals surface area (Å²) >= 11 is 0. The van der Waals surface area contributed by atoms with Crippen LogP contribution in [0, 0.1) is 5.92 Å². The largest absolute Gasteiger partial charge is 0.399 e. The third kappa shape index (κ3) is 3.97. The van der Waals surface area contributed by atoms with Gasteiger partial charge in [-0.1, -0.05) is 12.1 Å². The summed E-state index contributed by atoms with van der Waals surface area (Å²) in [5.41, 5.74) is 7.88. The maximum atomic E-state index is 12.0. The third-order valence-electron chi connectivity index (χ3n) is 4.53. The van der Waals surface area contributed by atoms with Crippen molar-refractivity contribution in [3.05, 3.63) is 29.8 Å². The fourth-order valence-corrected chi connectivity index (χ4v) is 2.97. The Bertz CT molecular complexity index is 473. The van der Waals surface area contributed by atoms with E-state index < -0.39 is 0 Å². The molecule has 1 aliphatic heterocycles. The molecule has 1 heterocycles. The molecular formula is C17H25N3O. The minimum Gasteiger partial charge on any atom is -0.399 e. The van der Waals surface area contributed by atoms with E-state index in [1.165, 1.54) is 12.0 Å². The lowest BCUT2D eigenvalue weighted by molar-refractivity contribution is -0.134. The van der Waals surface area contributed by atoms with Crippen molar-refractivity contribution in [1.29, 1.82) is 0 Å². The lowest BCUT2D eigenvalue weighted by Gasteiger charge is -2.34. The van der Waals surface area contributed by atoms with Gasteiger partial charge in [0.1, 0.15) is 0 Å². The number of piperazine rings is 1. The average Bonchev–Trinajstić information content (AvgIpc) is 3.34. The van der Waals surface area contributed by atoms with E-state index in [9.17, 15) is 4.79 Å². The minimum absolute atomic E-state index is 0.363. The van der Waals surface area contributed by atoms with Gasteiger partial charge in [-0.2, -0.15) is 0 Å². The number of nitrogens with two attached hydrogens (primary N) is 1. The molecule has 1 aliphatic carbocycles. The Morgan fingerprint density at radius 2 is 1.76 bits per heavy atom. The predicted octanol–water partition coefficient (Wildman–Crippen LogP) is 1.76. The van der Waals surface area contributed by atoms with Crippen molar-refractivity contribution in [2.24, 2.45) is 5.92 Å². The Balaban J connectivity index is 1.35. The first-order valence-electron chi connectivity index (χ1n) is 8.08. The molecule has 0 unspecified atom stereocenters. The van der Waals surface area contributed by atoms with Gasteiger partial charge in [-0.15, -0.1) is 0 Å². The molecule has 4 heteroatoms. The van der Waals surface area contributed by atoms with Gasteiger partial charge in [0.15, 0.2) is 0 Å². The first kappa shape index (κ1) is 14.4. The van der Waals surface area contributed by atoms with Crippen LogP contribution in [-0.2, 0) is 11.2 Å². The smallest absolute Gasteiger partial charge is 0.225 e. The van der Waals surface area contributed by atoms with Crippen molar-refractivity contribution >= 4 is 11.6 Å². The molecule has 1 saturated carbocycles. The molecule has 0 aromatic heterocycles. The summed E-state index contributed by atoms with van der Waals surface area (Å²) in [5.74, 6) is 0.763. The molecule has 2 aliphatic rings. The van der Waals surface area contributed by atoms with Crippen LogP contribution in [0.2, 0.25) is 0 Å². The van der Waals surface area contributed by atoms with Crippen molar-refractivity contribution in [1.82, 2.24) is 9.80 Å². The van der Waals surface area contributed by atoms with E-state index in [-0.39, 0.29) is 0 Å². The fourth-order valence-electron chi connectivity index (χ4n) is 2.97. The molecule has 1 aromatic carbocycles. The van der Waals surface area contributed by atoms with Crippen LogP contribution in [0.4, 0.5) is 5.69 Å². The van der Waals surface area contributed by atoms with Crippen LogP contribution < -0.4 is 5.73 Å². The quantitative estimate of drug-likeness (QED) is 0.840. The van der Waals surface area contributed by atoms with Gasteiger partial charge in [0.25, 0.3) is 0 Å². The zero-order valence-corrected chi connectivity index (χ0v) is 12.6. The van der Waals surface area contributed by atoms with E-state index in [0.29, 0.717) is 11.8 Å². The van der Waals surface area contributed by atoms with Gasteiger partial charge in [-0.25, -0.2) is 0 Å². The molecule has 1 amide bonds. The Kier molecular flexibility index (Phi) is 4.44. The van der Waals surface area contributed by atoms with Crippen LogP contribution in [0.3, 0.4) is 0 Å². The number of carbonyl (C=O) groups excluding carboxylic acids is 1. The maximum Gasteiger partial charge on any atom is 0.225 e. The summed E-state index contributed by atoms with van der Waals surface area (Å²) < 4.78 is 0. The van der Waals surface area contributed by atoms with E-state index in [1.54, 1.807) is 0 Å². The molecule has 0 spiro atoms.